The van der Waals surface area contributed by atoms with Crippen molar-refractivity contribution in [3.05, 3.63) is 23.1 Å². The molecule has 0 atom stereocenters. The van der Waals surface area contributed by atoms with E-state index < -0.39 is 0 Å². The van der Waals surface area contributed by atoms with Crippen LogP contribution in [0.25, 0.3) is 0 Å². The van der Waals surface area contributed by atoms with E-state index in [1.165, 1.54) is 26.0 Å². The maximum atomic E-state index is 11.9. The van der Waals surface area contributed by atoms with Crippen molar-refractivity contribution >= 4 is 11.6 Å². The zero-order chi connectivity index (χ0) is 13.5. The Morgan fingerprint density at radius 3 is 2.56 bits per heavy atom. The minimum Gasteiger partial charge on any atom is -0.492 e. The molecule has 0 saturated carbocycles. The molecule has 1 rings (SSSR count). The Labute approximate surface area is 108 Å². The maximum Gasteiger partial charge on any atom is 0.222 e. The number of carbonyl (C=O) groups excluding carboxylic acids is 2. The molecule has 18 heavy (non-hydrogen) atoms. The fourth-order valence-corrected chi connectivity index (χ4v) is 1.91. The molecule has 0 saturated heterocycles. The molecular weight excluding hydrogens is 230 g/mol. The van der Waals surface area contributed by atoms with Gasteiger partial charge in [0.15, 0.2) is 5.76 Å². The Kier molecular flexibility index (Phi) is 5.62. The van der Waals surface area contributed by atoms with E-state index in [-0.39, 0.29) is 17.3 Å². The number of unbranched alkanes of at least 4 members (excludes halogenated alkanes) is 3. The molecule has 1 aliphatic carbocycles. The molecular formula is C14H21NO3. The molecule has 100 valence electrons. The second-order valence-corrected chi connectivity index (χ2v) is 4.40. The van der Waals surface area contributed by atoms with Gasteiger partial charge in [0.25, 0.3) is 0 Å². The first kappa shape index (κ1) is 14.5. The van der Waals surface area contributed by atoms with Gasteiger partial charge in [-0.15, -0.1) is 0 Å². The van der Waals surface area contributed by atoms with Crippen LogP contribution in [0.5, 0.6) is 0 Å². The van der Waals surface area contributed by atoms with E-state index in [2.05, 4.69) is 12.2 Å². The van der Waals surface area contributed by atoms with Gasteiger partial charge in [0.05, 0.1) is 12.8 Å². The summed E-state index contributed by atoms with van der Waals surface area (Å²) in [6, 6.07) is 0. The largest absolute Gasteiger partial charge is 0.492 e. The van der Waals surface area contributed by atoms with Crippen LogP contribution < -0.4 is 5.32 Å². The molecule has 0 fully saturated rings. The van der Waals surface area contributed by atoms with E-state index >= 15 is 0 Å². The van der Waals surface area contributed by atoms with Crippen LogP contribution >= 0.6 is 0 Å². The lowest BCUT2D eigenvalue weighted by Gasteiger charge is -2.16. The van der Waals surface area contributed by atoms with Crippen molar-refractivity contribution in [1.29, 1.82) is 0 Å². The number of hydrogen-bond donors (Lipinski definition) is 1. The van der Waals surface area contributed by atoms with Gasteiger partial charge in [0.1, 0.15) is 0 Å². The van der Waals surface area contributed by atoms with Gasteiger partial charge < -0.3 is 10.1 Å². The summed E-state index contributed by atoms with van der Waals surface area (Å²) in [5.41, 5.74) is 0.760. The second kappa shape index (κ2) is 6.99. The van der Waals surface area contributed by atoms with E-state index in [1.807, 2.05) is 0 Å². The summed E-state index contributed by atoms with van der Waals surface area (Å²) < 4.78 is 4.93. The van der Waals surface area contributed by atoms with Crippen molar-refractivity contribution in [2.75, 3.05) is 13.7 Å². The van der Waals surface area contributed by atoms with Crippen LogP contribution in [-0.2, 0) is 14.3 Å². The van der Waals surface area contributed by atoms with Crippen molar-refractivity contribution < 1.29 is 14.3 Å². The van der Waals surface area contributed by atoms with Crippen LogP contribution in [0, 0.1) is 0 Å². The maximum absolute atomic E-state index is 11.9. The number of rotatable bonds is 7. The average molecular weight is 251 g/mol. The van der Waals surface area contributed by atoms with Gasteiger partial charge in [0.2, 0.25) is 11.6 Å². The quantitative estimate of drug-likeness (QED) is 0.556. The highest BCUT2D eigenvalue weighted by Crippen LogP contribution is 2.17. The zero-order valence-corrected chi connectivity index (χ0v) is 11.3. The Morgan fingerprint density at radius 2 is 1.94 bits per heavy atom. The first-order valence-electron chi connectivity index (χ1n) is 6.41. The van der Waals surface area contributed by atoms with Gasteiger partial charge in [-0.05, 0) is 13.3 Å². The first-order valence-corrected chi connectivity index (χ1v) is 6.41. The molecule has 4 heteroatoms. The van der Waals surface area contributed by atoms with Gasteiger partial charge in [-0.2, -0.15) is 0 Å². The summed E-state index contributed by atoms with van der Waals surface area (Å²) in [6.45, 7) is 4.49. The Hall–Kier alpha value is -1.58. The highest BCUT2D eigenvalue weighted by atomic mass is 16.5. The normalized spacial score (nSPS) is 15.8. The molecule has 0 unspecified atom stereocenters. The van der Waals surface area contributed by atoms with E-state index in [4.69, 9.17) is 4.74 Å². The van der Waals surface area contributed by atoms with Gasteiger partial charge in [0, 0.05) is 18.2 Å². The highest BCUT2D eigenvalue weighted by molar-refractivity contribution is 6.21. The summed E-state index contributed by atoms with van der Waals surface area (Å²) in [4.78, 5) is 23.6. The van der Waals surface area contributed by atoms with E-state index in [1.54, 1.807) is 6.92 Å². The predicted molar refractivity (Wildman–Crippen MR) is 70.0 cm³/mol. The van der Waals surface area contributed by atoms with Gasteiger partial charge in [-0.3, -0.25) is 9.59 Å². The third-order valence-electron chi connectivity index (χ3n) is 2.97. The van der Waals surface area contributed by atoms with Crippen molar-refractivity contribution in [3.63, 3.8) is 0 Å². The average Bonchev–Trinajstić information content (AvgIpc) is 2.35. The zero-order valence-electron chi connectivity index (χ0n) is 11.3. The van der Waals surface area contributed by atoms with E-state index in [9.17, 15) is 9.59 Å². The lowest BCUT2D eigenvalue weighted by Crippen LogP contribution is -2.28. The molecule has 0 amide bonds. The second-order valence-electron chi connectivity index (χ2n) is 4.40. The van der Waals surface area contributed by atoms with Crippen molar-refractivity contribution in [3.8, 4) is 0 Å². The highest BCUT2D eigenvalue weighted by Gasteiger charge is 2.26. The molecule has 1 N–H and O–H groups in total. The minimum absolute atomic E-state index is 0.150. The monoisotopic (exact) mass is 251 g/mol. The molecule has 0 bridgehead atoms. The Morgan fingerprint density at radius 1 is 1.22 bits per heavy atom. The van der Waals surface area contributed by atoms with Gasteiger partial charge >= 0.3 is 0 Å². The van der Waals surface area contributed by atoms with Crippen molar-refractivity contribution in [1.82, 2.24) is 5.32 Å². The number of Topliss-reactive ketones (excluding diaryl/α,β-unsaturated/α-hetero) is 1. The van der Waals surface area contributed by atoms with E-state index in [0.29, 0.717) is 11.3 Å². The number of ketones is 2. The summed E-state index contributed by atoms with van der Waals surface area (Å²) in [6.07, 6.45) is 5.84. The van der Waals surface area contributed by atoms with Crippen LogP contribution in [0.15, 0.2) is 23.1 Å². The molecule has 0 aliphatic heterocycles. The molecule has 0 aromatic carbocycles. The lowest BCUT2D eigenvalue weighted by atomic mass is 10.00. The van der Waals surface area contributed by atoms with Gasteiger partial charge in [-0.1, -0.05) is 26.2 Å². The first-order chi connectivity index (χ1) is 8.61. The number of carbonyl (C=O) groups is 2. The van der Waals surface area contributed by atoms with Crippen LogP contribution in [-0.4, -0.2) is 25.2 Å². The lowest BCUT2D eigenvalue weighted by molar-refractivity contribution is -0.118. The van der Waals surface area contributed by atoms with E-state index in [0.717, 1.165) is 19.4 Å². The molecule has 1 aliphatic rings. The predicted octanol–water partition coefficient (Wildman–Crippen LogP) is 2.11. The molecule has 0 aromatic rings. The Bertz CT molecular complexity index is 394. The summed E-state index contributed by atoms with van der Waals surface area (Å²) in [7, 11) is 1.40. The Balaban J connectivity index is 2.54. The third kappa shape index (κ3) is 3.45. The fraction of sp³-hybridized carbons (Fsp3) is 0.571. The van der Waals surface area contributed by atoms with Crippen LogP contribution in [0.4, 0.5) is 0 Å². The molecule has 0 spiro atoms. The SMILES string of the molecule is CCCCCCNC1=CC(=O)C(OC)=C(C)C1=O. The van der Waals surface area contributed by atoms with Crippen LogP contribution in [0.2, 0.25) is 0 Å². The number of methoxy groups -OCH3 is 1. The van der Waals surface area contributed by atoms with Crippen LogP contribution in [0.3, 0.4) is 0 Å². The standard InChI is InChI=1S/C14H21NO3/c1-4-5-6-7-8-15-11-9-12(16)14(18-3)10(2)13(11)17/h9,15H,4-8H2,1-3H3. The van der Waals surface area contributed by atoms with Crippen molar-refractivity contribution in [2.45, 2.75) is 39.5 Å². The molecule has 0 heterocycles. The topological polar surface area (TPSA) is 55.4 Å². The number of allylic oxidation sites excluding steroid dienone is 2. The number of nitrogens with one attached hydrogen (secondary N) is 1. The number of ether oxygens (including phenoxy) is 1. The summed E-state index contributed by atoms with van der Waals surface area (Å²) >= 11 is 0. The fourth-order valence-electron chi connectivity index (χ4n) is 1.91. The summed E-state index contributed by atoms with van der Waals surface area (Å²) in [5.74, 6) is -0.246. The van der Waals surface area contributed by atoms with Gasteiger partial charge in [-0.25, -0.2) is 0 Å². The minimum atomic E-state index is -0.245. The smallest absolute Gasteiger partial charge is 0.222 e. The number of hydrogen-bond acceptors (Lipinski definition) is 4. The molecule has 0 aromatic heterocycles. The van der Waals surface area contributed by atoms with Crippen LogP contribution in [0.1, 0.15) is 39.5 Å². The molecule has 4 nitrogen and oxygen atoms in total. The molecule has 0 radical (unpaired) electrons. The third-order valence-corrected chi connectivity index (χ3v) is 2.97. The summed E-state index contributed by atoms with van der Waals surface area (Å²) in [5, 5.41) is 3.04. The van der Waals surface area contributed by atoms with Crippen molar-refractivity contribution in [2.24, 2.45) is 0 Å².